The molecule has 1 atom stereocenters. The molecule has 1 unspecified atom stereocenters. The molecule has 1 saturated heterocycles. The maximum atomic E-state index is 14.4. The fourth-order valence-electron chi connectivity index (χ4n) is 5.21. The summed E-state index contributed by atoms with van der Waals surface area (Å²) in [7, 11) is 1.62. The van der Waals surface area contributed by atoms with Gasteiger partial charge in [0.1, 0.15) is 11.4 Å². The summed E-state index contributed by atoms with van der Waals surface area (Å²) in [6.07, 6.45) is 2.30. The number of para-hydroxylation sites is 2. The van der Waals surface area contributed by atoms with E-state index in [1.807, 2.05) is 105 Å². The molecule has 0 saturated carbocycles. The van der Waals surface area contributed by atoms with E-state index in [1.165, 1.54) is 0 Å². The van der Waals surface area contributed by atoms with Crippen LogP contribution in [0.4, 0.5) is 0 Å². The molecule has 1 heterocycles. The molecule has 0 radical (unpaired) electrons. The number of carbonyl (C=O) groups is 2. The number of methoxy groups -OCH3 is 1. The van der Waals surface area contributed by atoms with Crippen molar-refractivity contribution in [1.29, 1.82) is 0 Å². The molecule has 3 aromatic rings. The van der Waals surface area contributed by atoms with Crippen molar-refractivity contribution in [1.82, 2.24) is 10.2 Å². The van der Waals surface area contributed by atoms with Crippen molar-refractivity contribution in [3.8, 4) is 17.2 Å². The molecule has 218 valence electrons. The van der Waals surface area contributed by atoms with Crippen molar-refractivity contribution in [2.45, 2.75) is 70.6 Å². The van der Waals surface area contributed by atoms with E-state index in [0.717, 1.165) is 37.1 Å². The zero-order valence-corrected chi connectivity index (χ0v) is 24.6. The van der Waals surface area contributed by atoms with E-state index in [1.54, 1.807) is 7.11 Å². The average Bonchev–Trinajstić information content (AvgIpc) is 2.96. The number of amides is 1. The monoisotopic (exact) mass is 558 g/mol. The topological polar surface area (TPSA) is 77.1 Å². The van der Waals surface area contributed by atoms with Gasteiger partial charge in [-0.3, -0.25) is 9.59 Å². The van der Waals surface area contributed by atoms with Gasteiger partial charge in [0.2, 0.25) is 5.91 Å². The Labute approximate surface area is 243 Å². The molecule has 3 aromatic carbocycles. The minimum Gasteiger partial charge on any atom is -0.493 e. The number of nitrogens with zero attached hydrogens (tertiary/aromatic N) is 1. The summed E-state index contributed by atoms with van der Waals surface area (Å²) in [4.78, 5) is 29.1. The van der Waals surface area contributed by atoms with Crippen LogP contribution in [0, 0.1) is 0 Å². The van der Waals surface area contributed by atoms with E-state index in [9.17, 15) is 9.59 Å². The SMILES string of the molecule is COc1ccccc1Oc1cccc(CN(C(=O)C(CCC(=O)OC(C)(C)C)c2ccccc2)C2CCNCC2)c1. The number of hydrogen-bond donors (Lipinski definition) is 1. The summed E-state index contributed by atoms with van der Waals surface area (Å²) in [6, 6.07) is 25.2. The van der Waals surface area contributed by atoms with Gasteiger partial charge in [0.05, 0.1) is 13.0 Å². The van der Waals surface area contributed by atoms with Crippen LogP contribution in [0.3, 0.4) is 0 Å². The molecule has 7 nitrogen and oxygen atoms in total. The molecule has 0 aromatic heterocycles. The van der Waals surface area contributed by atoms with Gasteiger partial charge in [-0.2, -0.15) is 0 Å². The van der Waals surface area contributed by atoms with Gasteiger partial charge in [0, 0.05) is 19.0 Å². The minimum atomic E-state index is -0.568. The Hall–Kier alpha value is -3.84. The normalized spacial score (nSPS) is 14.6. The second-order valence-electron chi connectivity index (χ2n) is 11.4. The first-order chi connectivity index (χ1) is 19.7. The van der Waals surface area contributed by atoms with Gasteiger partial charge in [-0.15, -0.1) is 0 Å². The van der Waals surface area contributed by atoms with Crippen LogP contribution in [0.15, 0.2) is 78.9 Å². The van der Waals surface area contributed by atoms with Gasteiger partial charge in [0.15, 0.2) is 11.5 Å². The van der Waals surface area contributed by atoms with Crippen LogP contribution >= 0.6 is 0 Å². The highest BCUT2D eigenvalue weighted by Crippen LogP contribution is 2.32. The summed E-state index contributed by atoms with van der Waals surface area (Å²) < 4.78 is 17.2. The quantitative estimate of drug-likeness (QED) is 0.272. The van der Waals surface area contributed by atoms with Gasteiger partial charge in [-0.05, 0) is 88.5 Å². The lowest BCUT2D eigenvalue weighted by Crippen LogP contribution is -2.47. The fraction of sp³-hybridized carbons (Fsp3) is 0.412. The standard InChI is InChI=1S/C34H42N2O5/c1-34(2,3)41-32(37)18-17-29(26-12-6-5-7-13-26)33(38)36(27-19-21-35-22-20-27)24-25-11-10-14-28(23-25)40-31-16-9-8-15-30(31)39-4/h5-16,23,27,29,35H,17-22,24H2,1-4H3. The smallest absolute Gasteiger partial charge is 0.306 e. The molecule has 0 aliphatic carbocycles. The molecule has 1 aliphatic heterocycles. The number of piperidine rings is 1. The number of carbonyl (C=O) groups excluding carboxylic acids is 2. The molecular formula is C34H42N2O5. The van der Waals surface area contributed by atoms with Gasteiger partial charge in [0.25, 0.3) is 0 Å². The predicted octanol–water partition coefficient (Wildman–Crippen LogP) is 6.47. The van der Waals surface area contributed by atoms with Crippen LogP contribution < -0.4 is 14.8 Å². The van der Waals surface area contributed by atoms with Crippen molar-refractivity contribution >= 4 is 11.9 Å². The summed E-state index contributed by atoms with van der Waals surface area (Å²) in [5.41, 5.74) is 1.32. The molecule has 0 bridgehead atoms. The van der Waals surface area contributed by atoms with E-state index in [0.29, 0.717) is 30.2 Å². The van der Waals surface area contributed by atoms with E-state index in [4.69, 9.17) is 14.2 Å². The molecule has 1 amide bonds. The maximum absolute atomic E-state index is 14.4. The van der Waals surface area contributed by atoms with E-state index < -0.39 is 11.5 Å². The molecule has 4 rings (SSSR count). The predicted molar refractivity (Wildman–Crippen MR) is 160 cm³/mol. The molecular weight excluding hydrogens is 516 g/mol. The zero-order valence-electron chi connectivity index (χ0n) is 24.6. The van der Waals surface area contributed by atoms with Gasteiger partial charge >= 0.3 is 5.97 Å². The highest BCUT2D eigenvalue weighted by molar-refractivity contribution is 5.85. The van der Waals surface area contributed by atoms with Crippen molar-refractivity contribution in [2.24, 2.45) is 0 Å². The third kappa shape index (κ3) is 8.82. The third-order valence-electron chi connectivity index (χ3n) is 7.14. The van der Waals surface area contributed by atoms with Crippen LogP contribution in [0.1, 0.15) is 63.5 Å². The highest BCUT2D eigenvalue weighted by atomic mass is 16.6. The van der Waals surface area contributed by atoms with Crippen LogP contribution in [-0.4, -0.2) is 48.6 Å². The number of hydrogen-bond acceptors (Lipinski definition) is 6. The summed E-state index contributed by atoms with van der Waals surface area (Å²) in [5, 5.41) is 3.41. The minimum absolute atomic E-state index is 0.0303. The first-order valence-electron chi connectivity index (χ1n) is 14.4. The molecule has 1 aliphatic rings. The average molecular weight is 559 g/mol. The second-order valence-corrected chi connectivity index (χ2v) is 11.4. The largest absolute Gasteiger partial charge is 0.493 e. The molecule has 41 heavy (non-hydrogen) atoms. The van der Waals surface area contributed by atoms with E-state index >= 15 is 0 Å². The lowest BCUT2D eigenvalue weighted by atomic mass is 9.91. The molecule has 1 N–H and O–H groups in total. The Bertz CT molecular complexity index is 1280. The maximum Gasteiger partial charge on any atom is 0.306 e. The lowest BCUT2D eigenvalue weighted by Gasteiger charge is -2.37. The van der Waals surface area contributed by atoms with Crippen LogP contribution in [0.5, 0.6) is 17.2 Å². The van der Waals surface area contributed by atoms with Crippen LogP contribution in [0.25, 0.3) is 0 Å². The van der Waals surface area contributed by atoms with E-state index in [2.05, 4.69) is 5.32 Å². The third-order valence-corrected chi connectivity index (χ3v) is 7.14. The van der Waals surface area contributed by atoms with Crippen molar-refractivity contribution in [2.75, 3.05) is 20.2 Å². The van der Waals surface area contributed by atoms with Gasteiger partial charge in [-0.25, -0.2) is 0 Å². The van der Waals surface area contributed by atoms with E-state index in [-0.39, 0.29) is 24.3 Å². The van der Waals surface area contributed by atoms with Gasteiger partial charge in [-0.1, -0.05) is 54.6 Å². The Balaban J connectivity index is 1.59. The molecule has 0 spiro atoms. The highest BCUT2D eigenvalue weighted by Gasteiger charge is 2.32. The van der Waals surface area contributed by atoms with Gasteiger partial charge < -0.3 is 24.4 Å². The van der Waals surface area contributed by atoms with Crippen LogP contribution in [0.2, 0.25) is 0 Å². The van der Waals surface area contributed by atoms with Crippen molar-refractivity contribution in [3.63, 3.8) is 0 Å². The number of ether oxygens (including phenoxy) is 3. The summed E-state index contributed by atoms with van der Waals surface area (Å²) >= 11 is 0. The molecule has 1 fully saturated rings. The summed E-state index contributed by atoms with van der Waals surface area (Å²) in [6.45, 7) is 7.74. The number of nitrogens with one attached hydrogen (secondary N) is 1. The number of esters is 1. The van der Waals surface area contributed by atoms with Crippen molar-refractivity contribution < 1.29 is 23.8 Å². The first-order valence-corrected chi connectivity index (χ1v) is 14.4. The van der Waals surface area contributed by atoms with Crippen LogP contribution in [-0.2, 0) is 20.9 Å². The Morgan fingerprint density at radius 3 is 2.29 bits per heavy atom. The molecule has 7 heteroatoms. The van der Waals surface area contributed by atoms with Crippen molar-refractivity contribution in [3.05, 3.63) is 90.0 Å². The second kappa shape index (κ2) is 14.2. The number of rotatable bonds is 11. The summed E-state index contributed by atoms with van der Waals surface area (Å²) in [5.74, 6) is 1.24. The lowest BCUT2D eigenvalue weighted by molar-refractivity contribution is -0.155. The Kier molecular flexibility index (Phi) is 10.4. The first kappa shape index (κ1) is 30.1. The number of benzene rings is 3. The Morgan fingerprint density at radius 1 is 0.927 bits per heavy atom. The fourth-order valence-corrected chi connectivity index (χ4v) is 5.21. The zero-order chi connectivity index (χ0) is 29.2. The Morgan fingerprint density at radius 2 is 1.61 bits per heavy atom.